The molecule has 0 atom stereocenters. The van der Waals surface area contributed by atoms with E-state index in [0.29, 0.717) is 0 Å². The van der Waals surface area contributed by atoms with Crippen LogP contribution in [0.4, 0.5) is 0 Å². The minimum absolute atomic E-state index is 0.765. The molecule has 0 saturated heterocycles. The van der Waals surface area contributed by atoms with Gasteiger partial charge in [-0.2, -0.15) is 0 Å². The monoisotopic (exact) mass is 276 g/mol. The highest BCUT2D eigenvalue weighted by Crippen LogP contribution is 2.61. The van der Waals surface area contributed by atoms with Crippen molar-refractivity contribution in [2.24, 2.45) is 0 Å². The fourth-order valence-electron chi connectivity index (χ4n) is 0.546. The third kappa shape index (κ3) is 9.19. The summed E-state index contributed by atoms with van der Waals surface area (Å²) in [5, 5.41) is 0. The number of hydrogen-bond donors (Lipinski definition) is 0. The summed E-state index contributed by atoms with van der Waals surface area (Å²) in [6.07, 6.45) is 4.16. The lowest BCUT2D eigenvalue weighted by atomic mass is 10.3. The molecule has 4 heteroatoms. The Morgan fingerprint density at radius 1 is 1.33 bits per heavy atom. The average Bonchev–Trinajstić information content (AvgIpc) is 1.63. The molecule has 0 aromatic rings. The summed E-state index contributed by atoms with van der Waals surface area (Å²) in [5.41, 5.74) is 0. The second kappa shape index (κ2) is 4.92. The van der Waals surface area contributed by atoms with Gasteiger partial charge in [0.1, 0.15) is 0 Å². The van der Waals surface area contributed by atoms with Gasteiger partial charge in [0, 0.05) is 6.16 Å². The second-order valence-corrected chi connectivity index (χ2v) is 13.3. The predicted molar refractivity (Wildman–Crippen MR) is 49.9 cm³/mol. The SMILES string of the molecule is CCCCCP(=O)(Br)Br. The normalized spacial score (nSPS) is 11.9. The van der Waals surface area contributed by atoms with Crippen molar-refractivity contribution >= 4 is 35.5 Å². The fourth-order valence-corrected chi connectivity index (χ4v) is 2.64. The van der Waals surface area contributed by atoms with E-state index >= 15 is 0 Å². The van der Waals surface area contributed by atoms with Gasteiger partial charge in [-0.1, -0.05) is 19.8 Å². The zero-order valence-electron chi connectivity index (χ0n) is 5.44. The maximum absolute atomic E-state index is 10.9. The van der Waals surface area contributed by atoms with E-state index in [1.807, 2.05) is 0 Å². The molecule has 0 fully saturated rings. The molecule has 0 saturated carbocycles. The largest absolute Gasteiger partial charge is 0.300 e. The molecular weight excluding hydrogens is 267 g/mol. The Kier molecular flexibility index (Phi) is 5.57. The highest BCUT2D eigenvalue weighted by molar-refractivity contribution is 9.70. The molecule has 0 radical (unpaired) electrons. The summed E-state index contributed by atoms with van der Waals surface area (Å²) in [4.78, 5) is 0. The van der Waals surface area contributed by atoms with Gasteiger partial charge < -0.3 is 0 Å². The molecule has 0 aliphatic rings. The van der Waals surface area contributed by atoms with Crippen molar-refractivity contribution in [2.75, 3.05) is 6.16 Å². The summed E-state index contributed by atoms with van der Waals surface area (Å²) in [7, 11) is 0. The van der Waals surface area contributed by atoms with Gasteiger partial charge in [0.15, 0.2) is 0 Å². The van der Waals surface area contributed by atoms with Crippen LogP contribution in [-0.4, -0.2) is 6.16 Å². The standard InChI is InChI=1S/C5H11Br2OP/c1-2-3-4-5-9(6,7)8/h2-5H2,1H3. The summed E-state index contributed by atoms with van der Waals surface area (Å²) in [6, 6.07) is 0. The van der Waals surface area contributed by atoms with Crippen LogP contribution >= 0.6 is 35.5 Å². The van der Waals surface area contributed by atoms with Crippen LogP contribution in [-0.2, 0) is 4.57 Å². The molecule has 0 heterocycles. The average molecular weight is 278 g/mol. The van der Waals surface area contributed by atoms with Gasteiger partial charge >= 0.3 is 0 Å². The summed E-state index contributed by atoms with van der Waals surface area (Å²) >= 11 is 6.16. The Labute approximate surface area is 72.4 Å². The first kappa shape index (κ1) is 10.2. The molecule has 1 nitrogen and oxygen atoms in total. The van der Waals surface area contributed by atoms with E-state index in [-0.39, 0.29) is 0 Å². The summed E-state index contributed by atoms with van der Waals surface area (Å²) in [5.74, 6) is 0. The molecule has 0 rings (SSSR count). The van der Waals surface area contributed by atoms with E-state index in [1.54, 1.807) is 0 Å². The lowest BCUT2D eigenvalue weighted by molar-refractivity contribution is 0.592. The van der Waals surface area contributed by atoms with Gasteiger partial charge in [0.05, 0.1) is 0 Å². The molecule has 0 bridgehead atoms. The maximum Gasteiger partial charge on any atom is 0.208 e. The number of rotatable bonds is 4. The molecule has 0 aliphatic heterocycles. The Morgan fingerprint density at radius 2 is 1.89 bits per heavy atom. The minimum atomic E-state index is -2.07. The molecule has 56 valence electrons. The van der Waals surface area contributed by atoms with Crippen LogP contribution in [0, 0.1) is 0 Å². The van der Waals surface area contributed by atoms with Crippen molar-refractivity contribution < 1.29 is 4.57 Å². The molecule has 0 unspecified atom stereocenters. The van der Waals surface area contributed by atoms with Gasteiger partial charge in [-0.15, -0.1) is 0 Å². The van der Waals surface area contributed by atoms with E-state index < -0.39 is 4.55 Å². The van der Waals surface area contributed by atoms with Gasteiger partial charge in [-0.3, -0.25) is 4.57 Å². The molecule has 0 aliphatic carbocycles. The molecule has 0 aromatic carbocycles. The topological polar surface area (TPSA) is 17.1 Å². The quantitative estimate of drug-likeness (QED) is 0.557. The minimum Gasteiger partial charge on any atom is -0.300 e. The molecule has 0 aromatic heterocycles. The fraction of sp³-hybridized carbons (Fsp3) is 1.00. The van der Waals surface area contributed by atoms with Crippen molar-refractivity contribution in [1.82, 2.24) is 0 Å². The van der Waals surface area contributed by atoms with Crippen molar-refractivity contribution in [3.05, 3.63) is 0 Å². The zero-order valence-corrected chi connectivity index (χ0v) is 9.51. The third-order valence-electron chi connectivity index (χ3n) is 1.02. The lowest BCUT2D eigenvalue weighted by Gasteiger charge is -1.99. The van der Waals surface area contributed by atoms with Gasteiger partial charge in [0.2, 0.25) is 4.55 Å². The Balaban J connectivity index is 3.18. The van der Waals surface area contributed by atoms with Gasteiger partial charge in [-0.05, 0) is 37.4 Å². The van der Waals surface area contributed by atoms with E-state index in [9.17, 15) is 4.57 Å². The Bertz CT molecular complexity index is 110. The van der Waals surface area contributed by atoms with Crippen LogP contribution in [0.2, 0.25) is 0 Å². The van der Waals surface area contributed by atoms with Crippen LogP contribution in [0.1, 0.15) is 26.2 Å². The smallest absolute Gasteiger partial charge is 0.208 e. The number of halogens is 2. The van der Waals surface area contributed by atoms with Crippen molar-refractivity contribution in [3.8, 4) is 0 Å². The first-order valence-corrected chi connectivity index (χ1v) is 8.97. The van der Waals surface area contributed by atoms with Crippen molar-refractivity contribution in [3.63, 3.8) is 0 Å². The van der Waals surface area contributed by atoms with E-state index in [1.165, 1.54) is 12.8 Å². The van der Waals surface area contributed by atoms with Crippen LogP contribution in [0.15, 0.2) is 0 Å². The molecule has 9 heavy (non-hydrogen) atoms. The first-order valence-electron chi connectivity index (χ1n) is 3.04. The highest BCUT2D eigenvalue weighted by Gasteiger charge is 2.09. The van der Waals surface area contributed by atoms with E-state index in [0.717, 1.165) is 12.6 Å². The van der Waals surface area contributed by atoms with Crippen molar-refractivity contribution in [1.29, 1.82) is 0 Å². The van der Waals surface area contributed by atoms with Crippen molar-refractivity contribution in [2.45, 2.75) is 26.2 Å². The zero-order chi connectivity index (χ0) is 7.33. The maximum atomic E-state index is 10.9. The summed E-state index contributed by atoms with van der Waals surface area (Å²) < 4.78 is 8.85. The van der Waals surface area contributed by atoms with E-state index in [2.05, 4.69) is 37.9 Å². The predicted octanol–water partition coefficient (Wildman–Crippen LogP) is 4.16. The number of hydrogen-bond acceptors (Lipinski definition) is 1. The van der Waals surface area contributed by atoms with Gasteiger partial charge in [-0.25, -0.2) is 0 Å². The Morgan fingerprint density at radius 3 is 2.22 bits per heavy atom. The highest BCUT2D eigenvalue weighted by atomic mass is 79.9. The van der Waals surface area contributed by atoms with Gasteiger partial charge in [0.25, 0.3) is 0 Å². The van der Waals surface area contributed by atoms with E-state index in [4.69, 9.17) is 0 Å². The Hall–Kier alpha value is 1.19. The van der Waals surface area contributed by atoms with Crippen LogP contribution in [0.5, 0.6) is 0 Å². The molecular formula is C5H11Br2OP. The molecule has 0 amide bonds. The van der Waals surface area contributed by atoms with Crippen LogP contribution in [0.3, 0.4) is 0 Å². The van der Waals surface area contributed by atoms with Crippen LogP contribution < -0.4 is 0 Å². The second-order valence-electron chi connectivity index (χ2n) is 2.00. The molecule has 0 N–H and O–H groups in total. The summed E-state index contributed by atoms with van der Waals surface area (Å²) in [6.45, 7) is 2.13. The number of unbranched alkanes of at least 4 members (excludes halogenated alkanes) is 2. The third-order valence-corrected chi connectivity index (χ3v) is 3.99. The first-order chi connectivity index (χ1) is 4.06. The lowest BCUT2D eigenvalue weighted by Crippen LogP contribution is -1.77. The molecule has 0 spiro atoms. The van der Waals surface area contributed by atoms with Crippen LogP contribution in [0.25, 0.3) is 0 Å².